The Morgan fingerprint density at radius 1 is 0.760 bits per heavy atom. The molecule has 1 aliphatic heterocycles. The number of esters is 3. The van der Waals surface area contributed by atoms with E-state index in [9.17, 15) is 46.8 Å². The van der Waals surface area contributed by atoms with E-state index >= 15 is 0 Å². The molecule has 5 atom stereocenters. The van der Waals surface area contributed by atoms with E-state index in [2.05, 4.69) is 27.9 Å². The highest BCUT2D eigenvalue weighted by Gasteiger charge is 2.33. The van der Waals surface area contributed by atoms with Crippen molar-refractivity contribution in [3.05, 3.63) is 124 Å². The molecule has 0 fully saturated rings. The maximum atomic E-state index is 14.1. The highest BCUT2D eigenvalue weighted by Crippen LogP contribution is 2.35. The van der Waals surface area contributed by atoms with E-state index in [-0.39, 0.29) is 71.1 Å². The number of ether oxygens (including phenoxy) is 9. The summed E-state index contributed by atoms with van der Waals surface area (Å²) in [5, 5.41) is 3.23. The van der Waals surface area contributed by atoms with Crippen molar-refractivity contribution < 1.29 is 93.8 Å². The van der Waals surface area contributed by atoms with Crippen LogP contribution in [0, 0.1) is 5.92 Å². The first-order valence-corrected chi connectivity index (χ1v) is 25.3. The van der Waals surface area contributed by atoms with Crippen LogP contribution in [0.4, 0.5) is 14.4 Å². The van der Waals surface area contributed by atoms with Gasteiger partial charge in [0.2, 0.25) is 6.29 Å². The van der Waals surface area contributed by atoms with Crippen LogP contribution in [-0.2, 0) is 86.2 Å². The fraction of sp³-hybridized carbons (Fsp3) is 0.360. The molecular formula is C50H52Cl2N2O20S. The second kappa shape index (κ2) is 27.1. The molecule has 3 unspecified atom stereocenters. The lowest BCUT2D eigenvalue weighted by Gasteiger charge is -2.30. The highest BCUT2D eigenvalue weighted by molar-refractivity contribution is 7.90. The second-order valence-electron chi connectivity index (χ2n) is 16.5. The lowest BCUT2D eigenvalue weighted by atomic mass is 9.95. The number of hydrogen-bond acceptors (Lipinski definition) is 20. The Hall–Kier alpha value is -7.63. The van der Waals surface area contributed by atoms with E-state index in [0.717, 1.165) is 18.6 Å². The van der Waals surface area contributed by atoms with E-state index in [0.29, 0.717) is 22.3 Å². The number of rotatable bonds is 23. The third-order valence-electron chi connectivity index (χ3n) is 10.7. The van der Waals surface area contributed by atoms with Crippen molar-refractivity contribution in [3.8, 4) is 0 Å². The minimum absolute atomic E-state index is 0.0359. The molecule has 5 rings (SSSR count). The Morgan fingerprint density at radius 2 is 1.37 bits per heavy atom. The number of benzene rings is 3. The number of sulfone groups is 1. The molecule has 402 valence electrons. The van der Waals surface area contributed by atoms with Gasteiger partial charge < -0.3 is 57.3 Å². The fourth-order valence-corrected chi connectivity index (χ4v) is 8.43. The summed E-state index contributed by atoms with van der Waals surface area (Å²) in [7, 11) is -3.72. The van der Waals surface area contributed by atoms with Crippen LogP contribution >= 0.6 is 23.2 Å². The number of amides is 2. The number of fused-ring (bicyclic) bond motifs is 2. The summed E-state index contributed by atoms with van der Waals surface area (Å²) in [6.07, 6.45) is -3.62. The van der Waals surface area contributed by atoms with Gasteiger partial charge in [0, 0.05) is 43.6 Å². The van der Waals surface area contributed by atoms with Crippen LogP contribution in [0.1, 0.15) is 58.2 Å². The molecule has 0 bridgehead atoms. The maximum Gasteiger partial charge on any atom is 0.511 e. The standard InChI is InChI=1S/C50H52Cl2N2O20S/c1-7-17-66-48(60)71-28(3)45(57)68-25-32(26-69-46(58)29(4)72-49(61)67-18-8-2)27-70-50(62)74-30(5)73-47(59)39(21-31-10-9-11-36(20-31)75(6,63)64)53-43(55)41-38(51)22-35-24-54(16-14-37(35)42(41)52)44(56)34-13-12-33-15-19-65-40(33)23-34/h7-13,15,19-20,22-23,28-30,32,39H,1-2,14,16-18,21,24-27H2,3-6H3,(H,53,55)/t28-,29?,30?,32?,39+/m1/s1. The first-order valence-electron chi connectivity index (χ1n) is 22.7. The summed E-state index contributed by atoms with van der Waals surface area (Å²) >= 11 is 13.6. The van der Waals surface area contributed by atoms with Crippen LogP contribution in [0.15, 0.2) is 95.5 Å². The average molecular weight is 1100 g/mol. The molecule has 1 N–H and O–H groups in total. The maximum absolute atomic E-state index is 14.1. The number of halogens is 2. The van der Waals surface area contributed by atoms with Crippen molar-refractivity contribution in [1.82, 2.24) is 10.2 Å². The number of furan rings is 1. The summed E-state index contributed by atoms with van der Waals surface area (Å²) in [4.78, 5) is 105. The van der Waals surface area contributed by atoms with Crippen molar-refractivity contribution in [3.63, 3.8) is 0 Å². The quantitative estimate of drug-likeness (QED) is 0.0343. The largest absolute Gasteiger partial charge is 0.511 e. The third kappa shape index (κ3) is 17.0. The molecule has 2 amide bonds. The lowest BCUT2D eigenvalue weighted by Crippen LogP contribution is -2.45. The van der Waals surface area contributed by atoms with Crippen molar-refractivity contribution >= 4 is 92.2 Å². The lowest BCUT2D eigenvalue weighted by molar-refractivity contribution is -0.170. The van der Waals surface area contributed by atoms with Gasteiger partial charge in [-0.3, -0.25) is 9.59 Å². The molecule has 1 aliphatic rings. The van der Waals surface area contributed by atoms with Gasteiger partial charge in [-0.1, -0.05) is 66.7 Å². The molecule has 0 aliphatic carbocycles. The van der Waals surface area contributed by atoms with Gasteiger partial charge in [-0.25, -0.2) is 37.2 Å². The third-order valence-corrected chi connectivity index (χ3v) is 12.6. The fourth-order valence-electron chi connectivity index (χ4n) is 6.98. The van der Waals surface area contributed by atoms with Crippen LogP contribution in [0.3, 0.4) is 0 Å². The van der Waals surface area contributed by atoms with Crippen LogP contribution in [0.2, 0.25) is 10.0 Å². The normalized spacial score (nSPS) is 14.0. The molecule has 22 nitrogen and oxygen atoms in total. The number of carbonyl (C=O) groups excluding carboxylic acids is 8. The van der Waals surface area contributed by atoms with E-state index in [1.54, 1.807) is 29.2 Å². The molecule has 2 heterocycles. The van der Waals surface area contributed by atoms with E-state index < -0.39 is 102 Å². The zero-order valence-electron chi connectivity index (χ0n) is 40.9. The first-order chi connectivity index (χ1) is 35.6. The average Bonchev–Trinajstić information content (AvgIpc) is 3.84. The minimum atomic E-state index is -3.72. The molecule has 1 aromatic heterocycles. The van der Waals surface area contributed by atoms with E-state index in [1.807, 2.05) is 0 Å². The van der Waals surface area contributed by atoms with Crippen molar-refractivity contribution in [2.24, 2.45) is 5.92 Å². The molecule has 75 heavy (non-hydrogen) atoms. The molecule has 0 spiro atoms. The van der Waals surface area contributed by atoms with Crippen molar-refractivity contribution in [2.75, 3.05) is 45.8 Å². The smallest absolute Gasteiger partial charge is 0.464 e. The molecule has 0 saturated carbocycles. The van der Waals surface area contributed by atoms with Crippen LogP contribution in [-0.4, -0.2) is 132 Å². The van der Waals surface area contributed by atoms with Gasteiger partial charge in [0.1, 0.15) is 44.7 Å². The number of nitrogens with zero attached hydrogens (tertiary/aromatic N) is 1. The summed E-state index contributed by atoms with van der Waals surface area (Å²) in [5.74, 6) is -5.67. The predicted molar refractivity (Wildman–Crippen MR) is 263 cm³/mol. The SMILES string of the molecule is C=CCOC(=O)OC(C)C(=O)OCC(COC(=O)OC(C)OC(=O)[C@H](Cc1cccc(S(C)(=O)=O)c1)NC(=O)c1c(Cl)cc2c(c1Cl)CCN(C(=O)c1ccc3ccoc3c1)C2)COC(=O)[C@@H](C)OC(=O)OCC=C. The monoisotopic (exact) mass is 1100 g/mol. The highest BCUT2D eigenvalue weighted by atomic mass is 35.5. The van der Waals surface area contributed by atoms with Gasteiger partial charge in [0.25, 0.3) is 11.8 Å². The van der Waals surface area contributed by atoms with Gasteiger partial charge in [0.05, 0.1) is 32.7 Å². The van der Waals surface area contributed by atoms with Gasteiger partial charge in [0.15, 0.2) is 22.0 Å². The van der Waals surface area contributed by atoms with Crippen LogP contribution in [0.25, 0.3) is 11.0 Å². The Kier molecular flexibility index (Phi) is 21.0. The molecule has 0 saturated heterocycles. The van der Waals surface area contributed by atoms with Crippen molar-refractivity contribution in [1.29, 1.82) is 0 Å². The zero-order valence-corrected chi connectivity index (χ0v) is 43.2. The van der Waals surface area contributed by atoms with Crippen LogP contribution in [0.5, 0.6) is 0 Å². The van der Waals surface area contributed by atoms with Gasteiger partial charge in [-0.15, -0.1) is 0 Å². The van der Waals surface area contributed by atoms with Gasteiger partial charge in [-0.05, 0) is 73.4 Å². The van der Waals surface area contributed by atoms with Crippen LogP contribution < -0.4 is 5.32 Å². The Bertz CT molecular complexity index is 2870. The first kappa shape index (κ1) is 58.3. The Balaban J connectivity index is 1.26. The Labute approximate surface area is 439 Å². The molecular weight excluding hydrogens is 1050 g/mol. The zero-order chi connectivity index (χ0) is 55.0. The topological polar surface area (TPSA) is 282 Å². The Morgan fingerprint density at radius 3 is 1.99 bits per heavy atom. The van der Waals surface area contributed by atoms with Gasteiger partial charge >= 0.3 is 36.4 Å². The summed E-state index contributed by atoms with van der Waals surface area (Å²) in [6, 6.07) is 12.3. The second-order valence-corrected chi connectivity index (χ2v) is 19.3. The number of hydrogen-bond donors (Lipinski definition) is 1. The predicted octanol–water partition coefficient (Wildman–Crippen LogP) is 6.88. The molecule has 25 heteroatoms. The minimum Gasteiger partial charge on any atom is -0.464 e. The molecule has 0 radical (unpaired) electrons. The number of carbonyl (C=O) groups is 8. The molecule has 4 aromatic rings. The summed E-state index contributed by atoms with van der Waals surface area (Å²) in [5.41, 5.74) is 2.12. The van der Waals surface area contributed by atoms with Gasteiger partial charge in [-0.2, -0.15) is 0 Å². The van der Waals surface area contributed by atoms with Crippen molar-refractivity contribution in [2.45, 2.75) is 69.6 Å². The summed E-state index contributed by atoms with van der Waals surface area (Å²) < 4.78 is 75.4. The van der Waals surface area contributed by atoms with E-state index in [4.69, 9.17) is 60.8 Å². The number of nitrogens with one attached hydrogen (secondary N) is 1. The summed E-state index contributed by atoms with van der Waals surface area (Å²) in [6.45, 7) is 8.30. The molecule has 3 aromatic carbocycles. The van der Waals surface area contributed by atoms with E-state index in [1.165, 1.54) is 62.6 Å².